The van der Waals surface area contributed by atoms with E-state index in [1.165, 1.54) is 6.07 Å². The molecule has 2 rings (SSSR count). The van der Waals surface area contributed by atoms with E-state index in [0.717, 1.165) is 25.7 Å². The highest BCUT2D eigenvalue weighted by Gasteiger charge is 2.23. The van der Waals surface area contributed by atoms with Crippen LogP contribution in [0.2, 0.25) is 0 Å². The molecule has 0 aliphatic heterocycles. The zero-order valence-corrected chi connectivity index (χ0v) is 16.6. The van der Waals surface area contributed by atoms with Gasteiger partial charge >= 0.3 is 0 Å². The van der Waals surface area contributed by atoms with Crippen molar-refractivity contribution in [3.05, 3.63) is 29.6 Å². The van der Waals surface area contributed by atoms with E-state index in [4.69, 9.17) is 9.47 Å². The third-order valence-electron chi connectivity index (χ3n) is 4.29. The van der Waals surface area contributed by atoms with Crippen LogP contribution in [-0.4, -0.2) is 27.6 Å². The molecule has 0 aromatic heterocycles. The van der Waals surface area contributed by atoms with Crippen LogP contribution >= 0.6 is 0 Å². The Labute approximate surface area is 156 Å². The van der Waals surface area contributed by atoms with Crippen LogP contribution in [-0.2, 0) is 14.8 Å². The number of ether oxygens (including phenoxy) is 2. The highest BCUT2D eigenvalue weighted by molar-refractivity contribution is 7.89. The van der Waals surface area contributed by atoms with Crippen LogP contribution in [0.4, 0.5) is 4.39 Å². The van der Waals surface area contributed by atoms with Crippen LogP contribution in [0.25, 0.3) is 0 Å². The van der Waals surface area contributed by atoms with Gasteiger partial charge < -0.3 is 9.47 Å². The Morgan fingerprint density at radius 2 is 2.00 bits per heavy atom. The van der Waals surface area contributed by atoms with Crippen molar-refractivity contribution >= 4 is 10.0 Å². The maximum absolute atomic E-state index is 13.9. The quantitative estimate of drug-likeness (QED) is 0.551. The molecule has 1 aromatic rings. The van der Waals surface area contributed by atoms with Gasteiger partial charge in [-0.3, -0.25) is 0 Å². The highest BCUT2D eigenvalue weighted by atomic mass is 32.2. The number of nitrogens with one attached hydrogen (secondary N) is 1. The van der Waals surface area contributed by atoms with Gasteiger partial charge in [0, 0.05) is 12.6 Å². The van der Waals surface area contributed by atoms with E-state index in [9.17, 15) is 12.8 Å². The van der Waals surface area contributed by atoms with E-state index in [1.54, 1.807) is 19.1 Å². The van der Waals surface area contributed by atoms with Crippen molar-refractivity contribution in [3.63, 3.8) is 0 Å². The van der Waals surface area contributed by atoms with Gasteiger partial charge in [-0.1, -0.05) is 19.9 Å². The fraction of sp³-hybridized carbons (Fsp3) is 0.684. The van der Waals surface area contributed by atoms with Crippen molar-refractivity contribution in [1.82, 2.24) is 4.72 Å². The number of halogens is 1. The van der Waals surface area contributed by atoms with Crippen LogP contribution in [0, 0.1) is 17.7 Å². The van der Waals surface area contributed by atoms with Crippen molar-refractivity contribution in [2.45, 2.75) is 52.5 Å². The lowest BCUT2D eigenvalue weighted by Gasteiger charge is -2.16. The number of rotatable bonds is 12. The Bertz CT molecular complexity index is 674. The minimum absolute atomic E-state index is 0.172. The summed E-state index contributed by atoms with van der Waals surface area (Å²) in [4.78, 5) is 0. The highest BCUT2D eigenvalue weighted by Crippen LogP contribution is 2.31. The van der Waals surface area contributed by atoms with E-state index in [1.807, 2.05) is 0 Å². The fourth-order valence-electron chi connectivity index (χ4n) is 2.53. The molecule has 0 amide bonds. The molecule has 0 spiro atoms. The van der Waals surface area contributed by atoms with Gasteiger partial charge in [-0.15, -0.1) is 0 Å². The molecule has 0 unspecified atom stereocenters. The Hall–Kier alpha value is -1.18. The zero-order chi connectivity index (χ0) is 19.2. The van der Waals surface area contributed by atoms with Gasteiger partial charge in [0.25, 0.3) is 0 Å². The molecule has 1 fully saturated rings. The van der Waals surface area contributed by atoms with Gasteiger partial charge in [-0.25, -0.2) is 17.5 Å². The molecule has 5 nitrogen and oxygen atoms in total. The van der Waals surface area contributed by atoms with Gasteiger partial charge in [0.1, 0.15) is 0 Å². The van der Waals surface area contributed by atoms with Crippen LogP contribution in [0.1, 0.15) is 58.1 Å². The van der Waals surface area contributed by atoms with Crippen molar-refractivity contribution in [1.29, 1.82) is 0 Å². The standard InChI is InChI=1S/C19H30FNO4S/c1-14(2)5-4-10-24-13-26(22,23)21-15(3)17-8-9-18(20)19(11-17)25-12-16-6-7-16/h8-9,11,14-16,21H,4-7,10,12-13H2,1-3H3/t15-/m1/s1. The minimum atomic E-state index is -3.58. The summed E-state index contributed by atoms with van der Waals surface area (Å²) >= 11 is 0. The smallest absolute Gasteiger partial charge is 0.236 e. The molecule has 1 N–H and O–H groups in total. The van der Waals surface area contributed by atoms with E-state index in [0.29, 0.717) is 30.6 Å². The third kappa shape index (κ3) is 7.60. The topological polar surface area (TPSA) is 64.6 Å². The first-order chi connectivity index (χ1) is 12.3. The van der Waals surface area contributed by atoms with E-state index >= 15 is 0 Å². The van der Waals surface area contributed by atoms with Crippen LogP contribution < -0.4 is 9.46 Å². The molecule has 7 heteroatoms. The molecule has 1 aliphatic rings. The molecule has 0 bridgehead atoms. The molecule has 1 aromatic carbocycles. The first kappa shape index (κ1) is 21.1. The normalized spacial score (nSPS) is 16.0. The molecular formula is C19H30FNO4S. The van der Waals surface area contributed by atoms with Gasteiger partial charge in [0.15, 0.2) is 17.5 Å². The summed E-state index contributed by atoms with van der Waals surface area (Å²) in [6.07, 6.45) is 4.08. The summed E-state index contributed by atoms with van der Waals surface area (Å²) in [6, 6.07) is 3.94. The zero-order valence-electron chi connectivity index (χ0n) is 15.8. The largest absolute Gasteiger partial charge is 0.490 e. The second-order valence-corrected chi connectivity index (χ2v) is 9.16. The van der Waals surface area contributed by atoms with E-state index in [2.05, 4.69) is 18.6 Å². The van der Waals surface area contributed by atoms with Crippen molar-refractivity contribution in [2.75, 3.05) is 19.2 Å². The lowest BCUT2D eigenvalue weighted by Crippen LogP contribution is -2.30. The molecule has 0 saturated heterocycles. The predicted octanol–water partition coefficient (Wildman–Crippen LogP) is 4.01. The van der Waals surface area contributed by atoms with E-state index < -0.39 is 21.9 Å². The number of sulfonamides is 1. The number of benzene rings is 1. The summed E-state index contributed by atoms with van der Waals surface area (Å²) in [5, 5.41) is 0. The van der Waals surface area contributed by atoms with Crippen molar-refractivity contribution in [2.24, 2.45) is 11.8 Å². The Balaban J connectivity index is 1.84. The fourth-order valence-corrected chi connectivity index (χ4v) is 3.61. The maximum atomic E-state index is 13.9. The molecular weight excluding hydrogens is 357 g/mol. The first-order valence-corrected chi connectivity index (χ1v) is 10.9. The lowest BCUT2D eigenvalue weighted by molar-refractivity contribution is 0.167. The SMILES string of the molecule is CC(C)CCCOCS(=O)(=O)N[C@H](C)c1ccc(F)c(OCC2CC2)c1. The summed E-state index contributed by atoms with van der Waals surface area (Å²) in [5.41, 5.74) is 0.653. The summed E-state index contributed by atoms with van der Waals surface area (Å²) in [7, 11) is -3.58. The van der Waals surface area contributed by atoms with Crippen LogP contribution in [0.5, 0.6) is 5.75 Å². The molecule has 148 valence electrons. The Morgan fingerprint density at radius 1 is 1.27 bits per heavy atom. The molecule has 1 aliphatic carbocycles. The monoisotopic (exact) mass is 387 g/mol. The summed E-state index contributed by atoms with van der Waals surface area (Å²) < 4.78 is 51.5. The summed E-state index contributed by atoms with van der Waals surface area (Å²) in [6.45, 7) is 6.87. The second kappa shape index (κ2) is 9.67. The van der Waals surface area contributed by atoms with Gasteiger partial charge in [-0.2, -0.15) is 0 Å². The van der Waals surface area contributed by atoms with Gasteiger partial charge in [0.2, 0.25) is 10.0 Å². The van der Waals surface area contributed by atoms with Crippen molar-refractivity contribution in [3.8, 4) is 5.75 Å². The van der Waals surface area contributed by atoms with Crippen LogP contribution in [0.15, 0.2) is 18.2 Å². The minimum Gasteiger partial charge on any atom is -0.490 e. The van der Waals surface area contributed by atoms with Gasteiger partial charge in [-0.05, 0) is 62.1 Å². The molecule has 0 heterocycles. The molecule has 26 heavy (non-hydrogen) atoms. The summed E-state index contributed by atoms with van der Waals surface area (Å²) in [5.74, 6) is 0.454. The second-order valence-electron chi connectivity index (χ2n) is 7.46. The van der Waals surface area contributed by atoms with Crippen molar-refractivity contribution < 1.29 is 22.3 Å². The average molecular weight is 388 g/mol. The van der Waals surface area contributed by atoms with E-state index in [-0.39, 0.29) is 11.7 Å². The predicted molar refractivity (Wildman–Crippen MR) is 100.0 cm³/mol. The number of hydrogen-bond donors (Lipinski definition) is 1. The number of hydrogen-bond acceptors (Lipinski definition) is 4. The maximum Gasteiger partial charge on any atom is 0.236 e. The Morgan fingerprint density at radius 3 is 2.65 bits per heavy atom. The first-order valence-electron chi connectivity index (χ1n) is 9.27. The van der Waals surface area contributed by atoms with Gasteiger partial charge in [0.05, 0.1) is 6.61 Å². The molecule has 1 saturated carbocycles. The van der Waals surface area contributed by atoms with Crippen LogP contribution in [0.3, 0.4) is 0 Å². The molecule has 0 radical (unpaired) electrons. The lowest BCUT2D eigenvalue weighted by atomic mass is 10.1. The third-order valence-corrected chi connectivity index (χ3v) is 5.48. The average Bonchev–Trinajstić information content (AvgIpc) is 3.37. The molecule has 1 atom stereocenters. The Kier molecular flexibility index (Phi) is 7.85.